The molecule has 2 unspecified atom stereocenters. The van der Waals surface area contributed by atoms with Gasteiger partial charge in [-0.1, -0.05) is 50.0 Å². The van der Waals surface area contributed by atoms with E-state index in [0.717, 1.165) is 41.3 Å². The van der Waals surface area contributed by atoms with Crippen LogP contribution in [0, 0.1) is 11.8 Å². The van der Waals surface area contributed by atoms with E-state index in [0.29, 0.717) is 26.1 Å². The summed E-state index contributed by atoms with van der Waals surface area (Å²) in [6, 6.07) is 12.5. The molecule has 0 fully saturated rings. The zero-order chi connectivity index (χ0) is 24.5. The molecule has 1 aliphatic carbocycles. The van der Waals surface area contributed by atoms with Crippen molar-refractivity contribution in [1.29, 1.82) is 0 Å². The molecule has 0 bridgehead atoms. The summed E-state index contributed by atoms with van der Waals surface area (Å²) in [5.41, 5.74) is 3.55. The number of hydrogen-bond acceptors (Lipinski definition) is 5. The van der Waals surface area contributed by atoms with Crippen LogP contribution in [0.1, 0.15) is 71.3 Å². The van der Waals surface area contributed by atoms with E-state index in [-0.39, 0.29) is 11.9 Å². The molecular weight excluding hydrogens is 428 g/mol. The van der Waals surface area contributed by atoms with Crippen molar-refractivity contribution in [3.8, 4) is 5.75 Å². The summed E-state index contributed by atoms with van der Waals surface area (Å²) in [6.45, 7) is 6.41. The number of rotatable bonds is 11. The minimum atomic E-state index is -0.528. The number of esters is 2. The van der Waals surface area contributed by atoms with Crippen LogP contribution < -0.4 is 4.74 Å². The molecule has 5 heteroatoms. The van der Waals surface area contributed by atoms with Gasteiger partial charge >= 0.3 is 11.9 Å². The van der Waals surface area contributed by atoms with Gasteiger partial charge in [0.2, 0.25) is 0 Å². The average Bonchev–Trinajstić information content (AvgIpc) is 2.85. The van der Waals surface area contributed by atoms with E-state index in [1.165, 1.54) is 24.0 Å². The first-order chi connectivity index (χ1) is 16.5. The predicted molar refractivity (Wildman–Crippen MR) is 136 cm³/mol. The second kappa shape index (κ2) is 12.6. The highest BCUT2D eigenvalue weighted by Gasteiger charge is 2.41. The third-order valence-corrected chi connectivity index (χ3v) is 6.71. The van der Waals surface area contributed by atoms with E-state index >= 15 is 0 Å². The standard InChI is InChI=1S/C29H38O5/c1-5-8-9-10-11-22-18-26(28(30)33-6-2)27(29(31)34-7-3)19-25(22)23-13-12-21-17-24(32-4)15-14-20(21)16-23/h12-17,26-27H,5-11,18-19H2,1-4H3. The zero-order valence-electron chi connectivity index (χ0n) is 21.0. The number of fused-ring (bicyclic) bond motifs is 1. The summed E-state index contributed by atoms with van der Waals surface area (Å²) in [5, 5.41) is 2.23. The number of hydrogen-bond donors (Lipinski definition) is 0. The van der Waals surface area contributed by atoms with Crippen LogP contribution in [0.25, 0.3) is 16.3 Å². The Morgan fingerprint density at radius 1 is 0.824 bits per heavy atom. The van der Waals surface area contributed by atoms with E-state index in [1.807, 2.05) is 12.1 Å². The van der Waals surface area contributed by atoms with Crippen molar-refractivity contribution in [3.63, 3.8) is 0 Å². The highest BCUT2D eigenvalue weighted by molar-refractivity contribution is 5.90. The molecule has 0 heterocycles. The van der Waals surface area contributed by atoms with Crippen LogP contribution in [-0.4, -0.2) is 32.3 Å². The molecule has 0 amide bonds. The molecule has 2 aromatic carbocycles. The van der Waals surface area contributed by atoms with E-state index in [4.69, 9.17) is 14.2 Å². The fourth-order valence-electron chi connectivity index (χ4n) is 4.91. The van der Waals surface area contributed by atoms with Gasteiger partial charge < -0.3 is 14.2 Å². The fourth-order valence-corrected chi connectivity index (χ4v) is 4.91. The van der Waals surface area contributed by atoms with Gasteiger partial charge in [0.25, 0.3) is 0 Å². The van der Waals surface area contributed by atoms with Crippen molar-refractivity contribution in [3.05, 3.63) is 47.5 Å². The Hall–Kier alpha value is -2.82. The second-order valence-corrected chi connectivity index (χ2v) is 8.95. The Bertz CT molecular complexity index is 1020. The lowest BCUT2D eigenvalue weighted by atomic mass is 9.72. The Labute approximate surface area is 203 Å². The number of carbonyl (C=O) groups excluding carboxylic acids is 2. The largest absolute Gasteiger partial charge is 0.497 e. The first kappa shape index (κ1) is 25.8. The van der Waals surface area contributed by atoms with Crippen molar-refractivity contribution in [2.75, 3.05) is 20.3 Å². The Kier molecular flexibility index (Phi) is 9.55. The van der Waals surface area contributed by atoms with Gasteiger partial charge in [0.05, 0.1) is 32.2 Å². The SMILES string of the molecule is CCCCCCC1=C(c2ccc3cc(OC)ccc3c2)CC(C(=O)OCC)C(C(=O)OCC)C1. The molecule has 0 saturated carbocycles. The van der Waals surface area contributed by atoms with Gasteiger partial charge in [0, 0.05) is 0 Å². The van der Waals surface area contributed by atoms with Gasteiger partial charge in [-0.2, -0.15) is 0 Å². The van der Waals surface area contributed by atoms with Gasteiger partial charge in [0.1, 0.15) is 5.75 Å². The van der Waals surface area contributed by atoms with Gasteiger partial charge in [0.15, 0.2) is 0 Å². The lowest BCUT2D eigenvalue weighted by Gasteiger charge is -2.32. The van der Waals surface area contributed by atoms with Crippen LogP contribution >= 0.6 is 0 Å². The Morgan fingerprint density at radius 2 is 1.47 bits per heavy atom. The van der Waals surface area contributed by atoms with Crippen LogP contribution in [0.3, 0.4) is 0 Å². The first-order valence-electron chi connectivity index (χ1n) is 12.6. The predicted octanol–water partition coefficient (Wildman–Crippen LogP) is 6.72. The fraction of sp³-hybridized carbons (Fsp3) is 0.517. The molecule has 0 spiro atoms. The number of methoxy groups -OCH3 is 1. The maximum Gasteiger partial charge on any atom is 0.310 e. The first-order valence-corrected chi connectivity index (χ1v) is 12.6. The molecule has 0 aromatic heterocycles. The van der Waals surface area contributed by atoms with Crippen molar-refractivity contribution >= 4 is 28.3 Å². The molecule has 3 rings (SSSR count). The Morgan fingerprint density at radius 3 is 2.12 bits per heavy atom. The van der Waals surface area contributed by atoms with Crippen molar-refractivity contribution in [2.24, 2.45) is 11.8 Å². The van der Waals surface area contributed by atoms with Gasteiger partial charge in [-0.25, -0.2) is 0 Å². The zero-order valence-corrected chi connectivity index (χ0v) is 21.0. The number of ether oxygens (including phenoxy) is 3. The number of allylic oxidation sites excluding steroid dienone is 2. The van der Waals surface area contributed by atoms with E-state index in [9.17, 15) is 9.59 Å². The molecule has 5 nitrogen and oxygen atoms in total. The molecular formula is C29H38O5. The number of carbonyl (C=O) groups is 2. The summed E-state index contributed by atoms with van der Waals surface area (Å²) in [4.78, 5) is 25.8. The number of unbranched alkanes of at least 4 members (excludes halogenated alkanes) is 3. The summed E-state index contributed by atoms with van der Waals surface area (Å²) >= 11 is 0. The molecule has 1 aliphatic rings. The normalized spacial score (nSPS) is 18.1. The van der Waals surface area contributed by atoms with E-state index < -0.39 is 11.8 Å². The minimum absolute atomic E-state index is 0.295. The molecule has 0 aliphatic heterocycles. The van der Waals surface area contributed by atoms with Crippen molar-refractivity contribution in [2.45, 2.75) is 65.7 Å². The van der Waals surface area contributed by atoms with Crippen molar-refractivity contribution in [1.82, 2.24) is 0 Å². The third-order valence-electron chi connectivity index (χ3n) is 6.71. The van der Waals surface area contributed by atoms with Crippen LogP contribution in [0.15, 0.2) is 42.0 Å². The smallest absolute Gasteiger partial charge is 0.310 e. The highest BCUT2D eigenvalue weighted by Crippen LogP contribution is 2.43. The number of benzene rings is 2. The molecule has 2 atom stereocenters. The van der Waals surface area contributed by atoms with Crippen LogP contribution in [0.2, 0.25) is 0 Å². The topological polar surface area (TPSA) is 61.8 Å². The summed E-state index contributed by atoms with van der Waals surface area (Å²) < 4.78 is 16.1. The second-order valence-electron chi connectivity index (χ2n) is 8.95. The maximum absolute atomic E-state index is 12.9. The van der Waals surface area contributed by atoms with Crippen molar-refractivity contribution < 1.29 is 23.8 Å². The van der Waals surface area contributed by atoms with Gasteiger partial charge in [-0.3, -0.25) is 9.59 Å². The molecule has 2 aromatic rings. The maximum atomic E-state index is 12.9. The van der Waals surface area contributed by atoms with Crippen LogP contribution in [-0.2, 0) is 19.1 Å². The minimum Gasteiger partial charge on any atom is -0.497 e. The van der Waals surface area contributed by atoms with Gasteiger partial charge in [-0.05, 0) is 79.6 Å². The molecule has 0 saturated heterocycles. The van der Waals surface area contributed by atoms with Gasteiger partial charge in [-0.15, -0.1) is 0 Å². The summed E-state index contributed by atoms with van der Waals surface area (Å²) in [6.07, 6.45) is 6.59. The summed E-state index contributed by atoms with van der Waals surface area (Å²) in [5.74, 6) is -0.799. The van der Waals surface area contributed by atoms with E-state index in [1.54, 1.807) is 21.0 Å². The molecule has 34 heavy (non-hydrogen) atoms. The summed E-state index contributed by atoms with van der Waals surface area (Å²) in [7, 11) is 1.67. The monoisotopic (exact) mass is 466 g/mol. The average molecular weight is 467 g/mol. The van der Waals surface area contributed by atoms with E-state index in [2.05, 4.69) is 31.2 Å². The quantitative estimate of drug-likeness (QED) is 0.272. The Balaban J connectivity index is 2.02. The van der Waals surface area contributed by atoms with Crippen LogP contribution in [0.4, 0.5) is 0 Å². The lowest BCUT2D eigenvalue weighted by Crippen LogP contribution is -2.36. The van der Waals surface area contributed by atoms with Crippen LogP contribution in [0.5, 0.6) is 5.75 Å². The lowest BCUT2D eigenvalue weighted by molar-refractivity contribution is -0.160. The molecule has 0 radical (unpaired) electrons. The highest BCUT2D eigenvalue weighted by atomic mass is 16.5. The third kappa shape index (κ3) is 6.19. The molecule has 184 valence electrons. The molecule has 0 N–H and O–H groups in total.